The number of carbonyl (C=O) groups is 1. The SMILES string of the molecule is CC(CC(F)(F)F)NC(=O)[C@@H](N)Cc1ccccc1. The molecular formula is C13H17F3N2O. The fourth-order valence-corrected chi connectivity index (χ4v) is 1.71. The van der Waals surface area contributed by atoms with Gasteiger partial charge in [0.05, 0.1) is 12.5 Å². The van der Waals surface area contributed by atoms with Crippen LogP contribution >= 0.6 is 0 Å². The van der Waals surface area contributed by atoms with Crippen molar-refractivity contribution in [3.8, 4) is 0 Å². The van der Waals surface area contributed by atoms with Crippen molar-refractivity contribution in [1.82, 2.24) is 5.32 Å². The predicted molar refractivity (Wildman–Crippen MR) is 66.4 cm³/mol. The summed E-state index contributed by atoms with van der Waals surface area (Å²) in [6.45, 7) is 1.31. The molecule has 1 aromatic rings. The van der Waals surface area contributed by atoms with Gasteiger partial charge in [-0.2, -0.15) is 13.2 Å². The van der Waals surface area contributed by atoms with Crippen molar-refractivity contribution in [2.24, 2.45) is 5.73 Å². The molecule has 0 aromatic heterocycles. The van der Waals surface area contributed by atoms with E-state index in [2.05, 4.69) is 5.32 Å². The van der Waals surface area contributed by atoms with Crippen LogP contribution in [0.4, 0.5) is 13.2 Å². The molecule has 0 aliphatic heterocycles. The maximum absolute atomic E-state index is 12.1. The highest BCUT2D eigenvalue weighted by atomic mass is 19.4. The Kier molecular flexibility index (Phi) is 5.35. The molecule has 0 aliphatic rings. The summed E-state index contributed by atoms with van der Waals surface area (Å²) in [5.74, 6) is -0.569. The normalized spacial score (nSPS) is 14.8. The van der Waals surface area contributed by atoms with Crippen LogP contribution in [-0.4, -0.2) is 24.2 Å². The zero-order valence-electron chi connectivity index (χ0n) is 10.6. The lowest BCUT2D eigenvalue weighted by Gasteiger charge is -2.18. The van der Waals surface area contributed by atoms with Gasteiger partial charge in [-0.3, -0.25) is 4.79 Å². The number of nitrogens with two attached hydrogens (primary N) is 1. The first-order chi connectivity index (χ1) is 8.78. The van der Waals surface area contributed by atoms with Gasteiger partial charge in [0.25, 0.3) is 0 Å². The molecule has 0 spiro atoms. The lowest BCUT2D eigenvalue weighted by molar-refractivity contribution is -0.141. The zero-order chi connectivity index (χ0) is 14.5. The van der Waals surface area contributed by atoms with Crippen LogP contribution in [0.1, 0.15) is 18.9 Å². The summed E-state index contributed by atoms with van der Waals surface area (Å²) < 4.78 is 36.4. The topological polar surface area (TPSA) is 55.1 Å². The molecule has 106 valence electrons. The molecule has 0 saturated carbocycles. The summed E-state index contributed by atoms with van der Waals surface area (Å²) in [6.07, 6.45) is -5.06. The van der Waals surface area contributed by atoms with E-state index in [1.165, 1.54) is 6.92 Å². The highest BCUT2D eigenvalue weighted by Crippen LogP contribution is 2.21. The van der Waals surface area contributed by atoms with Crippen molar-refractivity contribution in [1.29, 1.82) is 0 Å². The summed E-state index contributed by atoms with van der Waals surface area (Å²) in [7, 11) is 0. The lowest BCUT2D eigenvalue weighted by Crippen LogP contribution is -2.46. The third-order valence-corrected chi connectivity index (χ3v) is 2.56. The van der Waals surface area contributed by atoms with Gasteiger partial charge in [0, 0.05) is 6.04 Å². The van der Waals surface area contributed by atoms with Crippen molar-refractivity contribution in [2.75, 3.05) is 0 Å². The van der Waals surface area contributed by atoms with Gasteiger partial charge >= 0.3 is 6.18 Å². The number of amides is 1. The molecule has 3 nitrogen and oxygen atoms in total. The molecule has 0 fully saturated rings. The fourth-order valence-electron chi connectivity index (χ4n) is 1.71. The van der Waals surface area contributed by atoms with Crippen molar-refractivity contribution in [3.05, 3.63) is 35.9 Å². The Morgan fingerprint density at radius 3 is 2.42 bits per heavy atom. The first-order valence-electron chi connectivity index (χ1n) is 5.94. The van der Waals surface area contributed by atoms with E-state index in [0.29, 0.717) is 6.42 Å². The van der Waals surface area contributed by atoms with Crippen molar-refractivity contribution in [2.45, 2.75) is 38.0 Å². The van der Waals surface area contributed by atoms with Gasteiger partial charge in [0.2, 0.25) is 5.91 Å². The molecular weight excluding hydrogens is 257 g/mol. The van der Waals surface area contributed by atoms with E-state index in [-0.39, 0.29) is 0 Å². The van der Waals surface area contributed by atoms with E-state index in [1.54, 1.807) is 0 Å². The average molecular weight is 274 g/mol. The summed E-state index contributed by atoms with van der Waals surface area (Å²) >= 11 is 0. The Hall–Kier alpha value is -1.56. The van der Waals surface area contributed by atoms with Crippen LogP contribution in [0.5, 0.6) is 0 Å². The minimum absolute atomic E-state index is 0.297. The number of benzene rings is 1. The molecule has 1 amide bonds. The molecule has 1 rings (SSSR count). The van der Waals surface area contributed by atoms with Gasteiger partial charge in [-0.15, -0.1) is 0 Å². The van der Waals surface area contributed by atoms with Crippen molar-refractivity contribution < 1.29 is 18.0 Å². The molecule has 19 heavy (non-hydrogen) atoms. The fraction of sp³-hybridized carbons (Fsp3) is 0.462. The molecule has 0 saturated heterocycles. The monoisotopic (exact) mass is 274 g/mol. The summed E-state index contributed by atoms with van der Waals surface area (Å²) in [6, 6.07) is 7.25. The minimum atomic E-state index is -4.30. The van der Waals surface area contributed by atoms with E-state index in [0.717, 1.165) is 5.56 Å². The summed E-state index contributed by atoms with van der Waals surface area (Å²) in [5.41, 5.74) is 6.54. The van der Waals surface area contributed by atoms with Gasteiger partial charge in [0.1, 0.15) is 0 Å². The van der Waals surface area contributed by atoms with Crippen LogP contribution in [0.15, 0.2) is 30.3 Å². The molecule has 2 atom stereocenters. The quantitative estimate of drug-likeness (QED) is 0.863. The van der Waals surface area contributed by atoms with Crippen molar-refractivity contribution >= 4 is 5.91 Å². The molecule has 0 heterocycles. The second-order valence-electron chi connectivity index (χ2n) is 4.53. The van der Waals surface area contributed by atoms with Crippen LogP contribution in [0, 0.1) is 0 Å². The third kappa shape index (κ3) is 6.24. The highest BCUT2D eigenvalue weighted by Gasteiger charge is 2.31. The highest BCUT2D eigenvalue weighted by molar-refractivity contribution is 5.82. The van der Waals surface area contributed by atoms with E-state index in [9.17, 15) is 18.0 Å². The van der Waals surface area contributed by atoms with E-state index in [4.69, 9.17) is 5.73 Å². The van der Waals surface area contributed by atoms with E-state index >= 15 is 0 Å². The van der Waals surface area contributed by atoms with Gasteiger partial charge in [-0.1, -0.05) is 30.3 Å². The lowest BCUT2D eigenvalue weighted by atomic mass is 10.1. The average Bonchev–Trinajstić information content (AvgIpc) is 2.27. The first kappa shape index (κ1) is 15.5. The maximum Gasteiger partial charge on any atom is 0.391 e. The Labute approximate surface area is 110 Å². The largest absolute Gasteiger partial charge is 0.391 e. The van der Waals surface area contributed by atoms with Crippen molar-refractivity contribution in [3.63, 3.8) is 0 Å². The zero-order valence-corrected chi connectivity index (χ0v) is 10.6. The molecule has 3 N–H and O–H groups in total. The molecule has 1 aromatic carbocycles. The Balaban J connectivity index is 2.45. The molecule has 0 aliphatic carbocycles. The predicted octanol–water partition coefficient (Wildman–Crippen LogP) is 2.01. The Bertz CT molecular complexity index is 406. The standard InChI is InChI=1S/C13H17F3N2O/c1-9(8-13(14,15)16)18-12(19)11(17)7-10-5-3-2-4-6-10/h2-6,9,11H,7-8,17H2,1H3,(H,18,19)/t9?,11-/m0/s1. The number of hydrogen-bond acceptors (Lipinski definition) is 2. The summed E-state index contributed by atoms with van der Waals surface area (Å²) in [5, 5.41) is 2.27. The van der Waals surface area contributed by atoms with Crippen LogP contribution in [0.3, 0.4) is 0 Å². The van der Waals surface area contributed by atoms with Crippen LogP contribution < -0.4 is 11.1 Å². The van der Waals surface area contributed by atoms with Crippen LogP contribution in [0.2, 0.25) is 0 Å². The number of halogens is 3. The number of alkyl halides is 3. The molecule has 1 unspecified atom stereocenters. The number of hydrogen-bond donors (Lipinski definition) is 2. The Morgan fingerprint density at radius 1 is 1.32 bits per heavy atom. The maximum atomic E-state index is 12.1. The smallest absolute Gasteiger partial charge is 0.352 e. The molecule has 6 heteroatoms. The van der Waals surface area contributed by atoms with E-state index < -0.39 is 30.6 Å². The number of carbonyl (C=O) groups excluding carboxylic acids is 1. The second kappa shape index (κ2) is 6.56. The number of nitrogens with one attached hydrogen (secondary N) is 1. The van der Waals surface area contributed by atoms with Gasteiger partial charge in [-0.25, -0.2) is 0 Å². The van der Waals surface area contributed by atoms with E-state index in [1.807, 2.05) is 30.3 Å². The van der Waals surface area contributed by atoms with Crippen LogP contribution in [0.25, 0.3) is 0 Å². The Morgan fingerprint density at radius 2 is 1.89 bits per heavy atom. The third-order valence-electron chi connectivity index (χ3n) is 2.56. The number of rotatable bonds is 5. The molecule has 0 radical (unpaired) electrons. The minimum Gasteiger partial charge on any atom is -0.352 e. The van der Waals surface area contributed by atoms with Gasteiger partial charge < -0.3 is 11.1 Å². The second-order valence-corrected chi connectivity index (χ2v) is 4.53. The van der Waals surface area contributed by atoms with Gasteiger partial charge in [-0.05, 0) is 18.9 Å². The first-order valence-corrected chi connectivity index (χ1v) is 5.94. The van der Waals surface area contributed by atoms with Gasteiger partial charge in [0.15, 0.2) is 0 Å². The molecule has 0 bridgehead atoms. The summed E-state index contributed by atoms with van der Waals surface area (Å²) in [4.78, 5) is 11.6. The van der Waals surface area contributed by atoms with Crippen LogP contribution in [-0.2, 0) is 11.2 Å².